The monoisotopic (exact) mass is 395 g/mol. The van der Waals surface area contributed by atoms with Crippen LogP contribution in [0, 0.1) is 0 Å². The van der Waals surface area contributed by atoms with Crippen molar-refractivity contribution in [2.75, 3.05) is 11.5 Å². The topological polar surface area (TPSA) is 114 Å². The molecule has 1 fully saturated rings. The molecule has 2 N–H and O–H groups in total. The van der Waals surface area contributed by atoms with Gasteiger partial charge >= 0.3 is 5.97 Å². The predicted molar refractivity (Wildman–Crippen MR) is 96.2 cm³/mol. The normalized spacial score (nSPS) is 18.5. The van der Waals surface area contributed by atoms with Gasteiger partial charge in [0.05, 0.1) is 29.1 Å². The van der Waals surface area contributed by atoms with Gasteiger partial charge in [-0.1, -0.05) is 12.1 Å². The largest absolute Gasteiger partial charge is 0.478 e. The van der Waals surface area contributed by atoms with Crippen molar-refractivity contribution >= 4 is 33.5 Å². The minimum absolute atomic E-state index is 0.0393. The third kappa shape index (κ3) is 4.28. The number of carboxylic acids is 1. The summed E-state index contributed by atoms with van der Waals surface area (Å²) in [6.07, 6.45) is 1.73. The number of carboxylic acid groups (broad SMARTS) is 1. The Morgan fingerprint density at radius 3 is 2.69 bits per heavy atom. The molecule has 1 aliphatic rings. The standard InChI is InChI=1S/C17H17NO6S2/c19-16(18-11-6-8-26(22,23)10-11)13-3-1-2-4-15(13)25-9-14-12(17(20)21)5-7-24-14/h1-5,7,11H,6,8-10H2,(H,18,19)(H,20,21). The van der Waals surface area contributed by atoms with E-state index in [0.717, 1.165) is 0 Å². The Kier molecular flexibility index (Phi) is 5.38. The number of hydrogen-bond acceptors (Lipinski definition) is 6. The molecular formula is C17H17NO6S2. The second-order valence-electron chi connectivity index (χ2n) is 5.92. The molecule has 0 radical (unpaired) electrons. The van der Waals surface area contributed by atoms with Crippen LogP contribution in [0.2, 0.25) is 0 Å². The third-order valence-electron chi connectivity index (χ3n) is 4.03. The Bertz CT molecular complexity index is 934. The Hall–Kier alpha value is -2.26. The van der Waals surface area contributed by atoms with E-state index in [1.165, 1.54) is 24.1 Å². The number of sulfone groups is 1. The molecule has 0 saturated carbocycles. The number of amides is 1. The van der Waals surface area contributed by atoms with Gasteiger partial charge in [-0.25, -0.2) is 13.2 Å². The average Bonchev–Trinajstić information content (AvgIpc) is 3.19. The van der Waals surface area contributed by atoms with E-state index in [9.17, 15) is 18.0 Å². The van der Waals surface area contributed by atoms with Gasteiger partial charge in [0.15, 0.2) is 9.84 Å². The van der Waals surface area contributed by atoms with E-state index in [-0.39, 0.29) is 34.8 Å². The Morgan fingerprint density at radius 2 is 2.00 bits per heavy atom. The fourth-order valence-corrected chi connectivity index (χ4v) is 5.41. The number of rotatable bonds is 6. The van der Waals surface area contributed by atoms with Crippen LogP contribution in [0.15, 0.2) is 45.9 Å². The highest BCUT2D eigenvalue weighted by atomic mass is 32.2. The lowest BCUT2D eigenvalue weighted by atomic mass is 10.2. The summed E-state index contributed by atoms with van der Waals surface area (Å²) >= 11 is 1.29. The van der Waals surface area contributed by atoms with Crippen LogP contribution in [0.1, 0.15) is 32.9 Å². The van der Waals surface area contributed by atoms with Gasteiger partial charge in [-0.3, -0.25) is 4.79 Å². The minimum atomic E-state index is -3.07. The van der Waals surface area contributed by atoms with E-state index in [2.05, 4.69) is 5.32 Å². The summed E-state index contributed by atoms with van der Waals surface area (Å²) < 4.78 is 28.3. The maximum Gasteiger partial charge on any atom is 0.339 e. The quantitative estimate of drug-likeness (QED) is 0.721. The minimum Gasteiger partial charge on any atom is -0.478 e. The molecule has 1 aliphatic heterocycles. The van der Waals surface area contributed by atoms with Crippen LogP contribution in [0.5, 0.6) is 0 Å². The second-order valence-corrected chi connectivity index (χ2v) is 9.17. The summed E-state index contributed by atoms with van der Waals surface area (Å²) in [7, 11) is -3.07. The molecule has 2 aromatic rings. The van der Waals surface area contributed by atoms with Gasteiger partial charge in [0, 0.05) is 10.9 Å². The van der Waals surface area contributed by atoms with Gasteiger partial charge in [0.25, 0.3) is 5.91 Å². The van der Waals surface area contributed by atoms with E-state index in [4.69, 9.17) is 9.52 Å². The lowest BCUT2D eigenvalue weighted by Gasteiger charge is -2.13. The van der Waals surface area contributed by atoms with Crippen LogP contribution in [-0.4, -0.2) is 42.9 Å². The molecule has 0 spiro atoms. The molecule has 7 nitrogen and oxygen atoms in total. The second kappa shape index (κ2) is 7.55. The highest BCUT2D eigenvalue weighted by molar-refractivity contribution is 7.98. The Morgan fingerprint density at radius 1 is 1.23 bits per heavy atom. The first kappa shape index (κ1) is 18.5. The molecule has 3 rings (SSSR count). The van der Waals surface area contributed by atoms with Crippen LogP contribution in [0.25, 0.3) is 0 Å². The number of thioether (sulfide) groups is 1. The van der Waals surface area contributed by atoms with Crippen molar-refractivity contribution < 1.29 is 27.5 Å². The van der Waals surface area contributed by atoms with Crippen molar-refractivity contribution in [3.8, 4) is 0 Å². The Labute approximate surface area is 154 Å². The zero-order chi connectivity index (χ0) is 18.7. The summed E-state index contributed by atoms with van der Waals surface area (Å²) in [6, 6.07) is 7.92. The van der Waals surface area contributed by atoms with Crippen LogP contribution in [-0.2, 0) is 15.6 Å². The summed E-state index contributed by atoms with van der Waals surface area (Å²) in [6.45, 7) is 0. The molecule has 26 heavy (non-hydrogen) atoms. The number of furan rings is 1. The van der Waals surface area contributed by atoms with Crippen molar-refractivity contribution in [1.29, 1.82) is 0 Å². The van der Waals surface area contributed by atoms with Crippen molar-refractivity contribution in [2.24, 2.45) is 0 Å². The lowest BCUT2D eigenvalue weighted by Crippen LogP contribution is -2.35. The zero-order valence-electron chi connectivity index (χ0n) is 13.7. The molecule has 1 saturated heterocycles. The van der Waals surface area contributed by atoms with Gasteiger partial charge < -0.3 is 14.8 Å². The molecule has 1 atom stereocenters. The van der Waals surface area contributed by atoms with E-state index in [1.807, 2.05) is 0 Å². The summed E-state index contributed by atoms with van der Waals surface area (Å²) in [5.41, 5.74) is 0.515. The van der Waals surface area contributed by atoms with E-state index in [0.29, 0.717) is 22.6 Å². The van der Waals surface area contributed by atoms with Crippen molar-refractivity contribution in [3.05, 3.63) is 53.5 Å². The van der Waals surface area contributed by atoms with E-state index in [1.54, 1.807) is 24.3 Å². The van der Waals surface area contributed by atoms with Crippen LogP contribution in [0.3, 0.4) is 0 Å². The highest BCUT2D eigenvalue weighted by Crippen LogP contribution is 2.28. The van der Waals surface area contributed by atoms with Crippen molar-refractivity contribution in [1.82, 2.24) is 5.32 Å². The number of hydrogen-bond donors (Lipinski definition) is 2. The van der Waals surface area contributed by atoms with E-state index >= 15 is 0 Å². The predicted octanol–water partition coefficient (Wildman–Crippen LogP) is 2.19. The molecule has 1 aromatic carbocycles. The van der Waals surface area contributed by atoms with Gasteiger partial charge in [-0.05, 0) is 24.6 Å². The van der Waals surface area contributed by atoms with Gasteiger partial charge in [0.2, 0.25) is 0 Å². The van der Waals surface area contributed by atoms with E-state index < -0.39 is 15.8 Å². The smallest absolute Gasteiger partial charge is 0.339 e. The average molecular weight is 395 g/mol. The van der Waals surface area contributed by atoms with Crippen LogP contribution >= 0.6 is 11.8 Å². The molecule has 0 aliphatic carbocycles. The number of aromatic carboxylic acids is 1. The first-order valence-corrected chi connectivity index (χ1v) is 10.7. The molecular weight excluding hydrogens is 378 g/mol. The maximum atomic E-state index is 12.5. The zero-order valence-corrected chi connectivity index (χ0v) is 15.3. The summed E-state index contributed by atoms with van der Waals surface area (Å²) in [4.78, 5) is 24.3. The van der Waals surface area contributed by atoms with Crippen LogP contribution in [0.4, 0.5) is 0 Å². The number of carbonyl (C=O) groups excluding carboxylic acids is 1. The molecule has 138 valence electrons. The fraction of sp³-hybridized carbons (Fsp3) is 0.294. The first-order chi connectivity index (χ1) is 12.4. The molecule has 0 bridgehead atoms. The van der Waals surface area contributed by atoms with Crippen LogP contribution < -0.4 is 5.32 Å². The van der Waals surface area contributed by atoms with Crippen molar-refractivity contribution in [2.45, 2.75) is 23.1 Å². The Balaban J connectivity index is 1.70. The van der Waals surface area contributed by atoms with Gasteiger partial charge in [-0.15, -0.1) is 11.8 Å². The SMILES string of the molecule is O=C(NC1CCS(=O)(=O)C1)c1ccccc1SCc1occc1C(=O)O. The molecule has 1 amide bonds. The van der Waals surface area contributed by atoms with Gasteiger partial charge in [0.1, 0.15) is 11.3 Å². The lowest BCUT2D eigenvalue weighted by molar-refractivity contribution is 0.0694. The molecule has 1 unspecified atom stereocenters. The van der Waals surface area contributed by atoms with Gasteiger partial charge in [-0.2, -0.15) is 0 Å². The molecule has 1 aromatic heterocycles. The fourth-order valence-electron chi connectivity index (χ4n) is 2.74. The summed E-state index contributed by atoms with van der Waals surface area (Å²) in [5.74, 6) is -0.778. The molecule has 9 heteroatoms. The number of nitrogens with one attached hydrogen (secondary N) is 1. The third-order valence-corrected chi connectivity index (χ3v) is 6.88. The van der Waals surface area contributed by atoms with Crippen molar-refractivity contribution in [3.63, 3.8) is 0 Å². The molecule has 2 heterocycles. The number of benzene rings is 1. The maximum absolute atomic E-state index is 12.5. The highest BCUT2D eigenvalue weighted by Gasteiger charge is 2.29. The number of carbonyl (C=O) groups is 2. The first-order valence-electron chi connectivity index (χ1n) is 7.88. The summed E-state index contributed by atoms with van der Waals surface area (Å²) in [5, 5.41) is 11.9.